The Morgan fingerprint density at radius 3 is 2.59 bits per heavy atom. The molecule has 1 aromatic carbocycles. The summed E-state index contributed by atoms with van der Waals surface area (Å²) in [6, 6.07) is 4.25. The van der Waals surface area contributed by atoms with E-state index in [9.17, 15) is 19.8 Å². The number of aliphatic hydroxyl groups is 1. The zero-order valence-corrected chi connectivity index (χ0v) is 17.7. The number of fused-ring (bicyclic) bond motifs is 1. The lowest BCUT2D eigenvalue weighted by atomic mass is 9.68. The van der Waals surface area contributed by atoms with E-state index in [1.165, 1.54) is 25.3 Å². The van der Waals surface area contributed by atoms with Crippen molar-refractivity contribution in [3.05, 3.63) is 35.4 Å². The lowest BCUT2D eigenvalue weighted by molar-refractivity contribution is -0.122. The van der Waals surface area contributed by atoms with Crippen LogP contribution in [-0.2, 0) is 9.53 Å². The molecule has 6 heteroatoms. The maximum absolute atomic E-state index is 12.9. The molecular formula is C23H30O6. The third-order valence-electron chi connectivity index (χ3n) is 6.79. The fourth-order valence-electron chi connectivity index (χ4n) is 4.97. The average molecular weight is 402 g/mol. The Hall–Kier alpha value is -2.34. The number of Topliss-reactive ketones (excluding diaryl/α,β-unsaturated/α-hetero) is 1. The van der Waals surface area contributed by atoms with Gasteiger partial charge < -0.3 is 19.7 Å². The van der Waals surface area contributed by atoms with E-state index in [1.54, 1.807) is 13.0 Å². The van der Waals surface area contributed by atoms with Crippen LogP contribution in [-0.4, -0.2) is 40.8 Å². The summed E-state index contributed by atoms with van der Waals surface area (Å²) in [5.41, 5.74) is -0.711. The normalized spacial score (nSPS) is 31.8. The van der Waals surface area contributed by atoms with Crippen molar-refractivity contribution >= 4 is 11.8 Å². The van der Waals surface area contributed by atoms with E-state index >= 15 is 0 Å². The summed E-state index contributed by atoms with van der Waals surface area (Å²) in [5.74, 6) is -0.906. The Morgan fingerprint density at radius 2 is 1.97 bits per heavy atom. The van der Waals surface area contributed by atoms with Gasteiger partial charge in [-0.05, 0) is 60.9 Å². The van der Waals surface area contributed by atoms with Crippen LogP contribution >= 0.6 is 0 Å². The van der Waals surface area contributed by atoms with Crippen molar-refractivity contribution in [1.82, 2.24) is 0 Å². The first-order valence-corrected chi connectivity index (χ1v) is 10.0. The second-order valence-electron chi connectivity index (χ2n) is 8.98. The van der Waals surface area contributed by atoms with Crippen LogP contribution in [0.4, 0.5) is 0 Å². The SMILES string of the molecule is COc1cc(C(=O)OC2C=C(C)C(=O)CC3(C)CCC(O)(C(C)C)C23)ccc1O. The van der Waals surface area contributed by atoms with E-state index in [4.69, 9.17) is 9.47 Å². The highest BCUT2D eigenvalue weighted by atomic mass is 16.5. The second-order valence-corrected chi connectivity index (χ2v) is 8.98. The number of rotatable bonds is 4. The summed E-state index contributed by atoms with van der Waals surface area (Å²) in [7, 11) is 1.40. The van der Waals surface area contributed by atoms with Gasteiger partial charge in [-0.2, -0.15) is 0 Å². The van der Waals surface area contributed by atoms with E-state index in [2.05, 4.69) is 0 Å². The predicted octanol–water partition coefficient (Wildman–Crippen LogP) is 3.65. The van der Waals surface area contributed by atoms with Crippen LogP contribution < -0.4 is 4.74 Å². The van der Waals surface area contributed by atoms with Crippen molar-refractivity contribution in [2.24, 2.45) is 17.3 Å². The molecular weight excluding hydrogens is 372 g/mol. The molecule has 29 heavy (non-hydrogen) atoms. The molecule has 0 radical (unpaired) electrons. The average Bonchev–Trinajstić information content (AvgIpc) is 2.88. The molecule has 1 aromatic rings. The van der Waals surface area contributed by atoms with E-state index in [0.29, 0.717) is 24.8 Å². The smallest absolute Gasteiger partial charge is 0.338 e. The minimum atomic E-state index is -1.03. The Kier molecular flexibility index (Phi) is 5.52. The molecule has 0 heterocycles. The minimum Gasteiger partial charge on any atom is -0.504 e. The lowest BCUT2D eigenvalue weighted by Gasteiger charge is -2.42. The molecule has 4 atom stereocenters. The lowest BCUT2D eigenvalue weighted by Crippen LogP contribution is -2.50. The van der Waals surface area contributed by atoms with Crippen LogP contribution in [0.2, 0.25) is 0 Å². The molecule has 2 aliphatic rings. The molecule has 0 aliphatic heterocycles. The highest BCUT2D eigenvalue weighted by Crippen LogP contribution is 2.57. The van der Waals surface area contributed by atoms with Gasteiger partial charge in [-0.3, -0.25) is 4.79 Å². The number of methoxy groups -OCH3 is 1. The van der Waals surface area contributed by atoms with Crippen LogP contribution in [0.15, 0.2) is 29.8 Å². The first-order valence-electron chi connectivity index (χ1n) is 10.0. The second kappa shape index (κ2) is 7.48. The molecule has 6 nitrogen and oxygen atoms in total. The van der Waals surface area contributed by atoms with Gasteiger partial charge in [0.25, 0.3) is 0 Å². The summed E-state index contributed by atoms with van der Waals surface area (Å²) >= 11 is 0. The number of phenols is 1. The van der Waals surface area contributed by atoms with Crippen molar-refractivity contribution in [2.45, 2.75) is 58.7 Å². The molecule has 0 saturated heterocycles. The quantitative estimate of drug-likeness (QED) is 0.747. The fourth-order valence-corrected chi connectivity index (χ4v) is 4.97. The fraction of sp³-hybridized carbons (Fsp3) is 0.565. The number of benzene rings is 1. The predicted molar refractivity (Wildman–Crippen MR) is 108 cm³/mol. The van der Waals surface area contributed by atoms with Crippen LogP contribution in [0.1, 0.15) is 57.3 Å². The molecule has 0 spiro atoms. The van der Waals surface area contributed by atoms with Gasteiger partial charge in [-0.1, -0.05) is 20.8 Å². The van der Waals surface area contributed by atoms with E-state index in [-0.39, 0.29) is 34.7 Å². The Morgan fingerprint density at radius 1 is 1.28 bits per heavy atom. The zero-order valence-electron chi connectivity index (χ0n) is 17.7. The molecule has 3 rings (SSSR count). The van der Waals surface area contributed by atoms with Crippen LogP contribution in [0.3, 0.4) is 0 Å². The monoisotopic (exact) mass is 402 g/mol. The van der Waals surface area contributed by atoms with Gasteiger partial charge in [0.1, 0.15) is 6.10 Å². The maximum Gasteiger partial charge on any atom is 0.338 e. The van der Waals surface area contributed by atoms with E-state index in [1.807, 2.05) is 20.8 Å². The molecule has 2 aliphatic carbocycles. The molecule has 0 amide bonds. The van der Waals surface area contributed by atoms with Crippen molar-refractivity contribution < 1.29 is 29.3 Å². The number of hydrogen-bond donors (Lipinski definition) is 2. The number of phenolic OH excluding ortho intramolecular Hbond substituents is 1. The number of aromatic hydroxyl groups is 1. The standard InChI is InChI=1S/C23H30O6/c1-13(2)23(27)9-8-22(4)12-17(25)14(3)10-19(20(22)23)29-21(26)15-6-7-16(24)18(11-15)28-5/h6-7,10-11,13,19-20,24,27H,8-9,12H2,1-5H3. The molecule has 0 aromatic heterocycles. The van der Waals surface area contributed by atoms with Crippen LogP contribution in [0.25, 0.3) is 0 Å². The number of ether oxygens (including phenoxy) is 2. The Balaban J connectivity index is 2.00. The molecule has 1 saturated carbocycles. The summed E-state index contributed by atoms with van der Waals surface area (Å²) < 4.78 is 10.9. The minimum absolute atomic E-state index is 0.0235. The summed E-state index contributed by atoms with van der Waals surface area (Å²) in [6.45, 7) is 7.65. The first kappa shape index (κ1) is 21.4. The zero-order chi connectivity index (χ0) is 21.6. The van der Waals surface area contributed by atoms with Gasteiger partial charge in [0, 0.05) is 12.3 Å². The summed E-state index contributed by atoms with van der Waals surface area (Å²) in [4.78, 5) is 25.5. The van der Waals surface area contributed by atoms with Crippen molar-refractivity contribution in [2.75, 3.05) is 7.11 Å². The molecule has 2 N–H and O–H groups in total. The highest BCUT2D eigenvalue weighted by molar-refractivity contribution is 5.96. The summed E-state index contributed by atoms with van der Waals surface area (Å²) in [6.07, 6.45) is 2.55. The molecule has 0 bridgehead atoms. The summed E-state index contributed by atoms with van der Waals surface area (Å²) in [5, 5.41) is 21.3. The number of esters is 1. The van der Waals surface area contributed by atoms with Gasteiger partial charge in [0.05, 0.1) is 18.3 Å². The van der Waals surface area contributed by atoms with Gasteiger partial charge >= 0.3 is 5.97 Å². The molecule has 4 unspecified atom stereocenters. The first-order chi connectivity index (χ1) is 13.5. The third kappa shape index (κ3) is 3.66. The van der Waals surface area contributed by atoms with E-state index in [0.717, 1.165) is 0 Å². The number of ketones is 1. The Bertz CT molecular complexity index is 857. The molecule has 1 fully saturated rings. The molecule has 158 valence electrons. The number of carbonyl (C=O) groups is 2. The van der Waals surface area contributed by atoms with Crippen LogP contribution in [0.5, 0.6) is 11.5 Å². The van der Waals surface area contributed by atoms with Gasteiger partial charge in [-0.15, -0.1) is 0 Å². The highest BCUT2D eigenvalue weighted by Gasteiger charge is 2.60. The maximum atomic E-state index is 12.9. The Labute approximate surface area is 171 Å². The van der Waals surface area contributed by atoms with Gasteiger partial charge in [-0.25, -0.2) is 4.79 Å². The van der Waals surface area contributed by atoms with Gasteiger partial charge in [0.2, 0.25) is 0 Å². The van der Waals surface area contributed by atoms with Crippen LogP contribution in [0, 0.1) is 17.3 Å². The van der Waals surface area contributed by atoms with Crippen molar-refractivity contribution in [3.63, 3.8) is 0 Å². The van der Waals surface area contributed by atoms with Gasteiger partial charge in [0.15, 0.2) is 17.3 Å². The third-order valence-corrected chi connectivity index (χ3v) is 6.79. The topological polar surface area (TPSA) is 93.1 Å². The van der Waals surface area contributed by atoms with E-state index < -0.39 is 23.1 Å². The van der Waals surface area contributed by atoms with Crippen molar-refractivity contribution in [1.29, 1.82) is 0 Å². The number of carbonyl (C=O) groups excluding carboxylic acids is 2. The number of hydrogen-bond acceptors (Lipinski definition) is 6. The number of allylic oxidation sites excluding steroid dienone is 1. The largest absolute Gasteiger partial charge is 0.504 e. The van der Waals surface area contributed by atoms with Crippen molar-refractivity contribution in [3.8, 4) is 11.5 Å².